The number of nitrogens with one attached hydrogen (secondary N) is 1. The molecule has 0 aliphatic heterocycles. The van der Waals surface area contributed by atoms with Crippen LogP contribution in [0.15, 0.2) is 36.5 Å². The number of hydrogen-bond donors (Lipinski definition) is 2. The lowest BCUT2D eigenvalue weighted by Gasteiger charge is -1.98. The summed E-state index contributed by atoms with van der Waals surface area (Å²) in [7, 11) is 0. The van der Waals surface area contributed by atoms with Gasteiger partial charge in [0.15, 0.2) is 5.82 Å². The number of aromatic amines is 1. The number of H-pyrrole nitrogens is 1. The lowest BCUT2D eigenvalue weighted by molar-refractivity contribution is 1.14. The van der Waals surface area contributed by atoms with E-state index < -0.39 is 0 Å². The molecular formula is C14H14N4. The van der Waals surface area contributed by atoms with Crippen molar-refractivity contribution in [1.29, 1.82) is 0 Å². The molecule has 2 aromatic heterocycles. The van der Waals surface area contributed by atoms with E-state index in [1.165, 1.54) is 5.56 Å². The standard InChI is InChI=1S/C14H14N4/c1-2-9-5-6-11-12(8-9)18-14(17-11)13-10(15)4-3-7-16-13/h3-8H,2,15H2,1H3,(H,17,18). The predicted octanol–water partition coefficient (Wildman–Crippen LogP) is 2.77. The van der Waals surface area contributed by atoms with Crippen molar-refractivity contribution in [2.24, 2.45) is 0 Å². The van der Waals surface area contributed by atoms with E-state index >= 15 is 0 Å². The van der Waals surface area contributed by atoms with Crippen LogP contribution in [0.25, 0.3) is 22.6 Å². The zero-order valence-electron chi connectivity index (χ0n) is 10.1. The average Bonchev–Trinajstić information content (AvgIpc) is 2.81. The number of nitrogen functional groups attached to an aromatic ring is 1. The number of nitrogens with two attached hydrogens (primary N) is 1. The fraction of sp³-hybridized carbons (Fsp3) is 0.143. The molecule has 90 valence electrons. The monoisotopic (exact) mass is 238 g/mol. The number of imidazole rings is 1. The SMILES string of the molecule is CCc1ccc2nc(-c3ncccc3N)[nH]c2c1. The van der Waals surface area contributed by atoms with Gasteiger partial charge in [0.1, 0.15) is 5.69 Å². The van der Waals surface area contributed by atoms with Crippen molar-refractivity contribution >= 4 is 16.7 Å². The number of aryl methyl sites for hydroxylation is 1. The van der Waals surface area contributed by atoms with Crippen LogP contribution in [-0.2, 0) is 6.42 Å². The molecular weight excluding hydrogens is 224 g/mol. The smallest absolute Gasteiger partial charge is 0.159 e. The molecule has 3 rings (SSSR count). The van der Waals surface area contributed by atoms with Gasteiger partial charge in [0.2, 0.25) is 0 Å². The third-order valence-corrected chi connectivity index (χ3v) is 3.02. The predicted molar refractivity (Wildman–Crippen MR) is 73.1 cm³/mol. The second-order valence-electron chi connectivity index (χ2n) is 4.23. The van der Waals surface area contributed by atoms with Crippen molar-refractivity contribution in [1.82, 2.24) is 15.0 Å². The Kier molecular flexibility index (Phi) is 2.48. The van der Waals surface area contributed by atoms with Crippen LogP contribution >= 0.6 is 0 Å². The van der Waals surface area contributed by atoms with Gasteiger partial charge in [-0.3, -0.25) is 4.98 Å². The summed E-state index contributed by atoms with van der Waals surface area (Å²) in [5.41, 5.74) is 10.5. The highest BCUT2D eigenvalue weighted by Crippen LogP contribution is 2.23. The van der Waals surface area contributed by atoms with Gasteiger partial charge >= 0.3 is 0 Å². The number of pyridine rings is 1. The number of rotatable bonds is 2. The van der Waals surface area contributed by atoms with E-state index in [-0.39, 0.29) is 0 Å². The van der Waals surface area contributed by atoms with E-state index in [0.29, 0.717) is 11.4 Å². The summed E-state index contributed by atoms with van der Waals surface area (Å²) >= 11 is 0. The lowest BCUT2D eigenvalue weighted by Crippen LogP contribution is -1.93. The Morgan fingerprint density at radius 1 is 1.28 bits per heavy atom. The van der Waals surface area contributed by atoms with Gasteiger partial charge in [0.05, 0.1) is 16.7 Å². The maximum Gasteiger partial charge on any atom is 0.159 e. The third kappa shape index (κ3) is 1.72. The molecule has 18 heavy (non-hydrogen) atoms. The van der Waals surface area contributed by atoms with Crippen LogP contribution in [0.1, 0.15) is 12.5 Å². The van der Waals surface area contributed by atoms with Gasteiger partial charge in [0.25, 0.3) is 0 Å². The molecule has 3 aromatic rings. The van der Waals surface area contributed by atoms with Crippen molar-refractivity contribution in [2.75, 3.05) is 5.73 Å². The molecule has 3 N–H and O–H groups in total. The van der Waals surface area contributed by atoms with E-state index in [1.54, 1.807) is 6.20 Å². The molecule has 0 atom stereocenters. The number of nitrogens with zero attached hydrogens (tertiary/aromatic N) is 2. The summed E-state index contributed by atoms with van der Waals surface area (Å²) in [5.74, 6) is 0.719. The molecule has 0 radical (unpaired) electrons. The van der Waals surface area contributed by atoms with Gasteiger partial charge in [-0.1, -0.05) is 13.0 Å². The highest BCUT2D eigenvalue weighted by Gasteiger charge is 2.09. The summed E-state index contributed by atoms with van der Waals surface area (Å²) in [5, 5.41) is 0. The van der Waals surface area contributed by atoms with Crippen molar-refractivity contribution in [3.63, 3.8) is 0 Å². The normalized spacial score (nSPS) is 10.9. The fourth-order valence-corrected chi connectivity index (χ4v) is 2.00. The number of benzene rings is 1. The Morgan fingerprint density at radius 3 is 2.94 bits per heavy atom. The molecule has 0 spiro atoms. The second-order valence-corrected chi connectivity index (χ2v) is 4.23. The first-order valence-corrected chi connectivity index (χ1v) is 5.97. The van der Waals surface area contributed by atoms with Crippen LogP contribution in [0, 0.1) is 0 Å². The average molecular weight is 238 g/mol. The van der Waals surface area contributed by atoms with Gasteiger partial charge in [-0.2, -0.15) is 0 Å². The van der Waals surface area contributed by atoms with Crippen LogP contribution in [-0.4, -0.2) is 15.0 Å². The van der Waals surface area contributed by atoms with Gasteiger partial charge in [0, 0.05) is 6.20 Å². The summed E-state index contributed by atoms with van der Waals surface area (Å²) in [6.07, 6.45) is 2.73. The van der Waals surface area contributed by atoms with E-state index in [4.69, 9.17) is 5.73 Å². The van der Waals surface area contributed by atoms with Gasteiger partial charge in [-0.05, 0) is 36.2 Å². The summed E-state index contributed by atoms with van der Waals surface area (Å²) in [6.45, 7) is 2.13. The van der Waals surface area contributed by atoms with E-state index in [9.17, 15) is 0 Å². The molecule has 0 bridgehead atoms. The molecule has 0 unspecified atom stereocenters. The van der Waals surface area contributed by atoms with Crippen LogP contribution in [0.3, 0.4) is 0 Å². The number of hydrogen-bond acceptors (Lipinski definition) is 3. The van der Waals surface area contributed by atoms with Crippen molar-refractivity contribution in [2.45, 2.75) is 13.3 Å². The number of anilines is 1. The summed E-state index contributed by atoms with van der Waals surface area (Å²) in [6, 6.07) is 9.87. The molecule has 0 saturated heterocycles. The Labute approximate surface area is 105 Å². The maximum atomic E-state index is 5.91. The van der Waals surface area contributed by atoms with Gasteiger partial charge in [-0.15, -0.1) is 0 Å². The van der Waals surface area contributed by atoms with Crippen molar-refractivity contribution < 1.29 is 0 Å². The number of aromatic nitrogens is 3. The first-order valence-electron chi connectivity index (χ1n) is 5.97. The Hall–Kier alpha value is -2.36. The van der Waals surface area contributed by atoms with Crippen LogP contribution in [0.2, 0.25) is 0 Å². The van der Waals surface area contributed by atoms with E-state index in [0.717, 1.165) is 23.3 Å². The van der Waals surface area contributed by atoms with Crippen LogP contribution in [0.4, 0.5) is 5.69 Å². The molecule has 4 heteroatoms. The first kappa shape index (κ1) is 10.8. The zero-order chi connectivity index (χ0) is 12.5. The molecule has 0 amide bonds. The molecule has 0 aliphatic rings. The van der Waals surface area contributed by atoms with Crippen LogP contribution in [0.5, 0.6) is 0 Å². The molecule has 0 fully saturated rings. The number of fused-ring (bicyclic) bond motifs is 1. The molecule has 4 nitrogen and oxygen atoms in total. The van der Waals surface area contributed by atoms with Crippen molar-refractivity contribution in [3.8, 4) is 11.5 Å². The molecule has 1 aromatic carbocycles. The third-order valence-electron chi connectivity index (χ3n) is 3.02. The van der Waals surface area contributed by atoms with E-state index in [1.807, 2.05) is 18.2 Å². The molecule has 0 aliphatic carbocycles. The second kappa shape index (κ2) is 4.14. The molecule has 0 saturated carbocycles. The summed E-state index contributed by atoms with van der Waals surface area (Å²) < 4.78 is 0. The van der Waals surface area contributed by atoms with Gasteiger partial charge in [-0.25, -0.2) is 4.98 Å². The quantitative estimate of drug-likeness (QED) is 0.721. The minimum Gasteiger partial charge on any atom is -0.397 e. The lowest BCUT2D eigenvalue weighted by atomic mass is 10.1. The van der Waals surface area contributed by atoms with Crippen LogP contribution < -0.4 is 5.73 Å². The molecule has 2 heterocycles. The highest BCUT2D eigenvalue weighted by atomic mass is 15.0. The van der Waals surface area contributed by atoms with E-state index in [2.05, 4.69) is 34.0 Å². The largest absolute Gasteiger partial charge is 0.397 e. The maximum absolute atomic E-state index is 5.91. The topological polar surface area (TPSA) is 67.6 Å². The summed E-state index contributed by atoms with van der Waals surface area (Å²) in [4.78, 5) is 12.1. The Morgan fingerprint density at radius 2 is 2.17 bits per heavy atom. The Balaban J connectivity index is 2.17. The zero-order valence-corrected chi connectivity index (χ0v) is 10.1. The minimum absolute atomic E-state index is 0.632. The first-order chi connectivity index (χ1) is 8.78. The highest BCUT2D eigenvalue weighted by molar-refractivity contribution is 5.81. The fourth-order valence-electron chi connectivity index (χ4n) is 2.00. The minimum atomic E-state index is 0.632. The Bertz CT molecular complexity index is 700. The van der Waals surface area contributed by atoms with Gasteiger partial charge < -0.3 is 10.7 Å². The van der Waals surface area contributed by atoms with Crippen molar-refractivity contribution in [3.05, 3.63) is 42.1 Å².